The van der Waals surface area contributed by atoms with Crippen molar-refractivity contribution >= 4 is 11.6 Å². The number of nitrogens with one attached hydrogen (secondary N) is 1. The van der Waals surface area contributed by atoms with Crippen LogP contribution < -0.4 is 5.32 Å². The number of carbonyl (C=O) groups excluding carboxylic acids is 1. The Balaban J connectivity index is 1.86. The Morgan fingerprint density at radius 1 is 1.29 bits per heavy atom. The zero-order valence-electron chi connectivity index (χ0n) is 12.2. The highest BCUT2D eigenvalue weighted by Crippen LogP contribution is 2.15. The van der Waals surface area contributed by atoms with E-state index in [0.29, 0.717) is 30.9 Å². The second-order valence-corrected chi connectivity index (χ2v) is 4.98. The molecule has 1 amide bonds. The SMILES string of the molecule is COC1CN(CC(=O)Nc2ccc(C#N)cc2)CC1OC. The molecule has 0 aromatic heterocycles. The lowest BCUT2D eigenvalue weighted by Crippen LogP contribution is -2.32. The third-order valence-electron chi connectivity index (χ3n) is 3.56. The molecule has 1 aromatic rings. The van der Waals surface area contributed by atoms with Crippen LogP contribution in [-0.2, 0) is 14.3 Å². The second kappa shape index (κ2) is 7.18. The number of hydrogen-bond acceptors (Lipinski definition) is 5. The van der Waals surface area contributed by atoms with Crippen LogP contribution in [-0.4, -0.2) is 56.9 Å². The van der Waals surface area contributed by atoms with Crippen LogP contribution in [0.4, 0.5) is 5.69 Å². The molecule has 6 nitrogen and oxygen atoms in total. The van der Waals surface area contributed by atoms with Crippen molar-refractivity contribution in [2.75, 3.05) is 39.2 Å². The minimum atomic E-state index is -0.0914. The number of ether oxygens (including phenoxy) is 2. The Kier molecular flexibility index (Phi) is 5.28. The molecular weight excluding hydrogens is 270 g/mol. The Morgan fingerprint density at radius 2 is 1.86 bits per heavy atom. The Morgan fingerprint density at radius 3 is 2.33 bits per heavy atom. The molecule has 1 aromatic carbocycles. The molecule has 1 fully saturated rings. The molecule has 1 aliphatic heterocycles. The molecule has 0 bridgehead atoms. The van der Waals surface area contributed by atoms with Crippen LogP contribution in [0, 0.1) is 11.3 Å². The summed E-state index contributed by atoms with van der Waals surface area (Å²) in [6.07, 6.45) is -0.00424. The van der Waals surface area contributed by atoms with Crippen LogP contribution in [0.25, 0.3) is 0 Å². The van der Waals surface area contributed by atoms with Crippen molar-refractivity contribution in [3.05, 3.63) is 29.8 Å². The summed E-state index contributed by atoms with van der Waals surface area (Å²) < 4.78 is 10.7. The first-order valence-corrected chi connectivity index (χ1v) is 6.74. The van der Waals surface area contributed by atoms with E-state index in [1.807, 2.05) is 11.0 Å². The van der Waals surface area contributed by atoms with Gasteiger partial charge in [0.05, 0.1) is 30.4 Å². The minimum Gasteiger partial charge on any atom is -0.377 e. The number of anilines is 1. The molecule has 1 heterocycles. The van der Waals surface area contributed by atoms with E-state index in [9.17, 15) is 4.79 Å². The lowest BCUT2D eigenvalue weighted by Gasteiger charge is -2.14. The highest BCUT2D eigenvalue weighted by molar-refractivity contribution is 5.92. The molecule has 1 saturated heterocycles. The fourth-order valence-electron chi connectivity index (χ4n) is 2.43. The normalized spacial score (nSPS) is 22.0. The van der Waals surface area contributed by atoms with Gasteiger partial charge < -0.3 is 14.8 Å². The predicted molar refractivity (Wildman–Crippen MR) is 77.8 cm³/mol. The van der Waals surface area contributed by atoms with Crippen molar-refractivity contribution in [2.24, 2.45) is 0 Å². The zero-order valence-corrected chi connectivity index (χ0v) is 12.2. The van der Waals surface area contributed by atoms with Crippen molar-refractivity contribution < 1.29 is 14.3 Å². The first-order valence-electron chi connectivity index (χ1n) is 6.74. The van der Waals surface area contributed by atoms with Gasteiger partial charge in [-0.15, -0.1) is 0 Å². The van der Waals surface area contributed by atoms with Gasteiger partial charge in [-0.05, 0) is 24.3 Å². The molecular formula is C15H19N3O3. The molecule has 0 radical (unpaired) electrons. The standard InChI is InChI=1S/C15H19N3O3/c1-20-13-8-18(9-14(13)21-2)10-15(19)17-12-5-3-11(7-16)4-6-12/h3-6,13-14H,8-10H2,1-2H3,(H,17,19). The summed E-state index contributed by atoms with van der Waals surface area (Å²) in [6, 6.07) is 8.83. The summed E-state index contributed by atoms with van der Waals surface area (Å²) in [6.45, 7) is 1.64. The molecule has 112 valence electrons. The van der Waals surface area contributed by atoms with E-state index in [2.05, 4.69) is 5.32 Å². The number of hydrogen-bond donors (Lipinski definition) is 1. The molecule has 0 aliphatic carbocycles. The number of rotatable bonds is 5. The van der Waals surface area contributed by atoms with Gasteiger partial charge in [-0.2, -0.15) is 5.26 Å². The smallest absolute Gasteiger partial charge is 0.238 e. The molecule has 6 heteroatoms. The van der Waals surface area contributed by atoms with Crippen LogP contribution in [0.1, 0.15) is 5.56 Å². The maximum atomic E-state index is 12.0. The largest absolute Gasteiger partial charge is 0.377 e. The first-order chi connectivity index (χ1) is 10.2. The average Bonchev–Trinajstić information content (AvgIpc) is 2.89. The zero-order chi connectivity index (χ0) is 15.2. The van der Waals surface area contributed by atoms with E-state index < -0.39 is 0 Å². The summed E-state index contributed by atoms with van der Waals surface area (Å²) in [5, 5.41) is 11.5. The highest BCUT2D eigenvalue weighted by Gasteiger charge is 2.33. The highest BCUT2D eigenvalue weighted by atomic mass is 16.5. The van der Waals surface area contributed by atoms with Crippen molar-refractivity contribution in [1.29, 1.82) is 5.26 Å². The number of benzene rings is 1. The lowest BCUT2D eigenvalue weighted by molar-refractivity contribution is -0.117. The number of nitrogens with zero attached hydrogens (tertiary/aromatic N) is 2. The minimum absolute atomic E-state index is 0.00212. The van der Waals surface area contributed by atoms with E-state index in [1.54, 1.807) is 38.5 Å². The van der Waals surface area contributed by atoms with Gasteiger partial charge in [0.25, 0.3) is 0 Å². The van der Waals surface area contributed by atoms with Crippen molar-refractivity contribution in [3.8, 4) is 6.07 Å². The maximum Gasteiger partial charge on any atom is 0.238 e. The van der Waals surface area contributed by atoms with E-state index in [1.165, 1.54) is 0 Å². The molecule has 2 unspecified atom stereocenters. The summed E-state index contributed by atoms with van der Waals surface area (Å²) in [5.74, 6) is -0.0914. The third-order valence-corrected chi connectivity index (χ3v) is 3.56. The summed E-state index contributed by atoms with van der Waals surface area (Å²) in [7, 11) is 3.30. The summed E-state index contributed by atoms with van der Waals surface area (Å²) in [4.78, 5) is 14.0. The summed E-state index contributed by atoms with van der Waals surface area (Å²) >= 11 is 0. The van der Waals surface area contributed by atoms with Gasteiger partial charge in [-0.25, -0.2) is 0 Å². The predicted octanol–water partition coefficient (Wildman–Crippen LogP) is 0.842. The van der Waals surface area contributed by atoms with Gasteiger partial charge in [-0.1, -0.05) is 0 Å². The topological polar surface area (TPSA) is 74.6 Å². The fourth-order valence-corrected chi connectivity index (χ4v) is 2.43. The average molecular weight is 289 g/mol. The quantitative estimate of drug-likeness (QED) is 0.869. The van der Waals surface area contributed by atoms with Gasteiger partial charge >= 0.3 is 0 Å². The van der Waals surface area contributed by atoms with Gasteiger partial charge in [0.1, 0.15) is 0 Å². The number of nitriles is 1. The molecule has 1 aliphatic rings. The van der Waals surface area contributed by atoms with E-state index >= 15 is 0 Å². The maximum absolute atomic E-state index is 12.0. The van der Waals surface area contributed by atoms with Crippen LogP contribution >= 0.6 is 0 Å². The Hall–Kier alpha value is -1.94. The van der Waals surface area contributed by atoms with Crippen molar-refractivity contribution in [1.82, 2.24) is 4.90 Å². The molecule has 1 N–H and O–H groups in total. The molecule has 0 spiro atoms. The first kappa shape index (κ1) is 15.4. The van der Waals surface area contributed by atoms with Crippen LogP contribution in [0.15, 0.2) is 24.3 Å². The number of methoxy groups -OCH3 is 2. The number of amides is 1. The van der Waals surface area contributed by atoms with Gasteiger partial charge in [0.15, 0.2) is 0 Å². The second-order valence-electron chi connectivity index (χ2n) is 4.98. The van der Waals surface area contributed by atoms with Crippen LogP contribution in [0.3, 0.4) is 0 Å². The summed E-state index contributed by atoms with van der Waals surface area (Å²) in [5.41, 5.74) is 1.25. The van der Waals surface area contributed by atoms with Gasteiger partial charge in [0, 0.05) is 33.0 Å². The van der Waals surface area contributed by atoms with E-state index in [-0.39, 0.29) is 18.1 Å². The van der Waals surface area contributed by atoms with E-state index in [4.69, 9.17) is 14.7 Å². The van der Waals surface area contributed by atoms with Gasteiger partial charge in [0.2, 0.25) is 5.91 Å². The molecule has 2 atom stereocenters. The lowest BCUT2D eigenvalue weighted by atomic mass is 10.2. The van der Waals surface area contributed by atoms with E-state index in [0.717, 1.165) is 0 Å². The molecule has 2 rings (SSSR count). The molecule has 0 saturated carbocycles. The van der Waals surface area contributed by atoms with Crippen LogP contribution in [0.2, 0.25) is 0 Å². The third kappa shape index (κ3) is 4.02. The van der Waals surface area contributed by atoms with Crippen LogP contribution in [0.5, 0.6) is 0 Å². The number of likely N-dealkylation sites (tertiary alicyclic amines) is 1. The Labute approximate surface area is 124 Å². The number of carbonyl (C=O) groups is 1. The molecule has 21 heavy (non-hydrogen) atoms. The van der Waals surface area contributed by atoms with Crippen molar-refractivity contribution in [2.45, 2.75) is 12.2 Å². The van der Waals surface area contributed by atoms with Crippen molar-refractivity contribution in [3.63, 3.8) is 0 Å². The monoisotopic (exact) mass is 289 g/mol. The Bertz CT molecular complexity index is 512. The van der Waals surface area contributed by atoms with Gasteiger partial charge in [-0.3, -0.25) is 9.69 Å². The fraction of sp³-hybridized carbons (Fsp3) is 0.467.